The molecule has 1 heterocycles. The first kappa shape index (κ1) is 34.3. The number of carboxylic acid groups (broad SMARTS) is 1. The minimum atomic E-state index is -1.20. The predicted octanol–water partition coefficient (Wildman–Crippen LogP) is 1.98. The van der Waals surface area contributed by atoms with E-state index in [2.05, 4.69) is 16.0 Å². The second-order valence-corrected chi connectivity index (χ2v) is 11.7. The number of thioether (sulfide) groups is 1. The molecule has 0 spiro atoms. The van der Waals surface area contributed by atoms with E-state index >= 15 is 0 Å². The third kappa shape index (κ3) is 8.38. The van der Waals surface area contributed by atoms with E-state index in [9.17, 15) is 38.2 Å². The lowest BCUT2D eigenvalue weighted by molar-refractivity contribution is -0.142. The van der Waals surface area contributed by atoms with Crippen LogP contribution in [0.1, 0.15) is 35.6 Å². The zero-order valence-electron chi connectivity index (χ0n) is 24.6. The number of ether oxygens (including phenoxy) is 1. The number of aliphatic carboxylic acids is 1. The lowest BCUT2D eigenvalue weighted by Crippen LogP contribution is -2.69. The van der Waals surface area contributed by atoms with Gasteiger partial charge in [-0.25, -0.2) is 13.6 Å². The Hall–Kier alpha value is -4.53. The molecule has 4 rings (SSSR count). The number of β-lactam (4-membered cyclic amide) rings is 1. The second kappa shape index (κ2) is 15.7. The summed E-state index contributed by atoms with van der Waals surface area (Å²) in [5.74, 6) is -3.21. The van der Waals surface area contributed by atoms with Gasteiger partial charge < -0.3 is 36.6 Å². The number of rotatable bonds is 16. The van der Waals surface area contributed by atoms with Crippen LogP contribution in [0.3, 0.4) is 0 Å². The summed E-state index contributed by atoms with van der Waals surface area (Å²) in [6, 6.07) is 16.6. The number of carbonyl (C=O) groups is 4. The molecule has 46 heavy (non-hydrogen) atoms. The molecule has 3 aromatic rings. The Morgan fingerprint density at radius 2 is 1.54 bits per heavy atom. The maximum Gasteiger partial charge on any atom is 0.326 e. The Balaban J connectivity index is 1.40. The van der Waals surface area contributed by atoms with Gasteiger partial charge in [-0.05, 0) is 72.5 Å². The molecule has 4 atom stereocenters. The first-order valence-corrected chi connectivity index (χ1v) is 15.4. The van der Waals surface area contributed by atoms with Crippen molar-refractivity contribution in [2.24, 2.45) is 5.73 Å². The second-order valence-electron chi connectivity index (χ2n) is 10.6. The van der Waals surface area contributed by atoms with E-state index in [4.69, 9.17) is 10.5 Å². The Kier molecular flexibility index (Phi) is 11.7. The molecule has 0 aromatic heterocycles. The maximum atomic E-state index is 13.8. The molecule has 7 N–H and O–H groups in total. The number of amides is 3. The van der Waals surface area contributed by atoms with Gasteiger partial charge in [0.05, 0.1) is 12.6 Å². The van der Waals surface area contributed by atoms with E-state index in [1.807, 2.05) is 0 Å². The van der Waals surface area contributed by atoms with Gasteiger partial charge in [-0.1, -0.05) is 36.4 Å². The Labute approximate surface area is 267 Å². The first-order chi connectivity index (χ1) is 22.0. The predicted molar refractivity (Wildman–Crippen MR) is 166 cm³/mol. The quantitative estimate of drug-likeness (QED) is 0.126. The summed E-state index contributed by atoms with van der Waals surface area (Å²) in [6.45, 7) is -0.594. The van der Waals surface area contributed by atoms with Gasteiger partial charge in [-0.2, -0.15) is 0 Å². The van der Waals surface area contributed by atoms with Crippen molar-refractivity contribution in [3.8, 4) is 5.75 Å². The number of hydrogen-bond donors (Lipinski definition) is 6. The van der Waals surface area contributed by atoms with Crippen LogP contribution in [0.4, 0.5) is 8.78 Å². The molecule has 1 aliphatic rings. The highest BCUT2D eigenvalue weighted by atomic mass is 32.2. The highest BCUT2D eigenvalue weighted by Gasteiger charge is 2.56. The van der Waals surface area contributed by atoms with Crippen molar-refractivity contribution in [3.05, 3.63) is 101 Å². The molecule has 1 unspecified atom stereocenters. The van der Waals surface area contributed by atoms with Crippen LogP contribution in [0.5, 0.6) is 5.75 Å². The summed E-state index contributed by atoms with van der Waals surface area (Å²) < 4.78 is 32.7. The summed E-state index contributed by atoms with van der Waals surface area (Å²) in [4.78, 5) is 48.5. The van der Waals surface area contributed by atoms with Crippen LogP contribution in [0, 0.1) is 11.6 Å². The van der Waals surface area contributed by atoms with Gasteiger partial charge in [0.2, 0.25) is 11.8 Å². The average Bonchev–Trinajstić information content (AvgIpc) is 3.04. The van der Waals surface area contributed by atoms with Crippen molar-refractivity contribution in [1.82, 2.24) is 16.0 Å². The molecule has 0 radical (unpaired) electrons. The van der Waals surface area contributed by atoms with Gasteiger partial charge in [0, 0.05) is 5.75 Å². The van der Waals surface area contributed by atoms with Crippen LogP contribution in [-0.2, 0) is 24.7 Å². The van der Waals surface area contributed by atoms with Crippen molar-refractivity contribution in [2.75, 3.05) is 25.4 Å². The number of carboxylic acids is 1. The average molecular weight is 657 g/mol. The molecule has 0 saturated carbocycles. The SMILES string of the molecule is NCCC[C@@H](NC(=O)CNC(=O)COc1ccc([C@]2(c3ccc(F)cc3)NC(=O)[C@@H]2SCC(O)c2ccc(F)cc2)cc1)C(=O)O. The van der Waals surface area contributed by atoms with Gasteiger partial charge in [0.15, 0.2) is 6.61 Å². The molecule has 1 aliphatic heterocycles. The van der Waals surface area contributed by atoms with Crippen LogP contribution < -0.4 is 26.4 Å². The minimum absolute atomic E-state index is 0.131. The summed E-state index contributed by atoms with van der Waals surface area (Å²) in [5, 5.41) is 26.9. The fourth-order valence-corrected chi connectivity index (χ4v) is 6.32. The highest BCUT2D eigenvalue weighted by Crippen LogP contribution is 2.46. The number of hydrogen-bond acceptors (Lipinski definition) is 8. The van der Waals surface area contributed by atoms with Crippen LogP contribution in [0.25, 0.3) is 0 Å². The smallest absolute Gasteiger partial charge is 0.326 e. The van der Waals surface area contributed by atoms with Crippen LogP contribution in [0.2, 0.25) is 0 Å². The number of halogens is 2. The lowest BCUT2D eigenvalue weighted by atomic mass is 9.74. The van der Waals surface area contributed by atoms with Crippen molar-refractivity contribution in [2.45, 2.75) is 35.8 Å². The third-order valence-electron chi connectivity index (χ3n) is 7.38. The van der Waals surface area contributed by atoms with Gasteiger partial charge in [-0.15, -0.1) is 11.8 Å². The number of aliphatic hydroxyl groups is 1. The standard InChI is InChI=1S/C32H34F2N4O7S/c33-22-9-3-19(4-10-22)26(39)18-46-29-30(42)38-32(29,20-5-11-23(34)12-6-20)21-7-13-24(14-8-21)45-17-28(41)36-16-27(40)37-25(31(43)44)2-1-15-35/h3-14,25-26,29,39H,1-2,15-18,35H2,(H,36,41)(H,37,40)(H,38,42)(H,43,44)/t25-,26?,29+,32+/m1/s1. The fraction of sp³-hybridized carbons (Fsp3) is 0.312. The normalized spacial score (nSPS) is 18.4. The summed E-state index contributed by atoms with van der Waals surface area (Å²) >= 11 is 1.21. The van der Waals surface area contributed by atoms with E-state index < -0.39 is 65.5 Å². The van der Waals surface area contributed by atoms with E-state index in [0.29, 0.717) is 28.9 Å². The molecular weight excluding hydrogens is 622 g/mol. The van der Waals surface area contributed by atoms with Crippen LogP contribution >= 0.6 is 11.8 Å². The molecule has 14 heteroatoms. The zero-order chi connectivity index (χ0) is 33.3. The molecule has 3 aromatic carbocycles. The van der Waals surface area contributed by atoms with Gasteiger partial charge in [0.1, 0.15) is 34.2 Å². The zero-order valence-corrected chi connectivity index (χ0v) is 25.4. The fourth-order valence-electron chi connectivity index (χ4n) is 4.96. The molecule has 11 nitrogen and oxygen atoms in total. The van der Waals surface area contributed by atoms with E-state index in [-0.39, 0.29) is 24.6 Å². The number of aliphatic hydroxyl groups excluding tert-OH is 1. The molecular formula is C32H34F2N4O7S. The third-order valence-corrected chi connectivity index (χ3v) is 8.79. The van der Waals surface area contributed by atoms with Crippen molar-refractivity contribution in [1.29, 1.82) is 0 Å². The number of nitrogens with one attached hydrogen (secondary N) is 3. The number of nitrogens with two attached hydrogens (primary N) is 1. The summed E-state index contributed by atoms with van der Waals surface area (Å²) in [7, 11) is 0. The highest BCUT2D eigenvalue weighted by molar-refractivity contribution is 8.00. The summed E-state index contributed by atoms with van der Waals surface area (Å²) in [5.41, 5.74) is 6.07. The Bertz CT molecular complexity index is 1530. The molecule has 1 fully saturated rings. The number of benzene rings is 3. The molecule has 244 valence electrons. The largest absolute Gasteiger partial charge is 0.484 e. The van der Waals surface area contributed by atoms with Crippen molar-refractivity contribution >= 4 is 35.5 Å². The van der Waals surface area contributed by atoms with E-state index in [1.54, 1.807) is 36.4 Å². The van der Waals surface area contributed by atoms with Gasteiger partial charge in [-0.3, -0.25) is 14.4 Å². The maximum absolute atomic E-state index is 13.8. The van der Waals surface area contributed by atoms with Crippen molar-refractivity contribution < 1.29 is 42.9 Å². The van der Waals surface area contributed by atoms with Gasteiger partial charge in [0.25, 0.3) is 5.91 Å². The Morgan fingerprint density at radius 1 is 0.957 bits per heavy atom. The van der Waals surface area contributed by atoms with Crippen LogP contribution in [0.15, 0.2) is 72.8 Å². The monoisotopic (exact) mass is 656 g/mol. The molecule has 0 bridgehead atoms. The van der Waals surface area contributed by atoms with E-state index in [1.165, 1.54) is 48.2 Å². The summed E-state index contributed by atoms with van der Waals surface area (Å²) in [6.07, 6.45) is -0.394. The molecule has 0 aliphatic carbocycles. The van der Waals surface area contributed by atoms with Gasteiger partial charge >= 0.3 is 5.97 Å². The topological polar surface area (TPSA) is 180 Å². The number of carbonyl (C=O) groups excluding carboxylic acids is 3. The van der Waals surface area contributed by atoms with Crippen molar-refractivity contribution in [3.63, 3.8) is 0 Å². The van der Waals surface area contributed by atoms with Crippen LogP contribution in [-0.4, -0.2) is 70.6 Å². The van der Waals surface area contributed by atoms with E-state index in [0.717, 1.165) is 0 Å². The molecule has 3 amide bonds. The first-order valence-electron chi connectivity index (χ1n) is 14.4. The minimum Gasteiger partial charge on any atom is -0.484 e. The molecule has 1 saturated heterocycles. The lowest BCUT2D eigenvalue weighted by Gasteiger charge is -2.50. The Morgan fingerprint density at radius 3 is 2.11 bits per heavy atom.